The fourth-order valence-electron chi connectivity index (χ4n) is 3.63. The monoisotopic (exact) mass is 448 g/mol. The van der Waals surface area contributed by atoms with E-state index in [2.05, 4.69) is 104 Å². The average molecular weight is 449 g/mol. The summed E-state index contributed by atoms with van der Waals surface area (Å²) in [6.07, 6.45) is 0. The molecule has 0 fully saturated rings. The number of alkyl halides is 1. The lowest BCUT2D eigenvalue weighted by Gasteiger charge is -2.24. The number of aromatic nitrogens is 3. The van der Waals surface area contributed by atoms with Crippen LogP contribution in [0.1, 0.15) is 16.4 Å². The molecule has 0 N–H and O–H groups in total. The minimum Gasteiger partial charge on any atom is -0.184 e. The van der Waals surface area contributed by atoms with Crippen molar-refractivity contribution < 1.29 is 4.57 Å². The van der Waals surface area contributed by atoms with Gasteiger partial charge in [0.05, 0.1) is 5.56 Å². The van der Waals surface area contributed by atoms with Crippen molar-refractivity contribution in [3.05, 3.63) is 96.6 Å². The minimum atomic E-state index is 0.110. The van der Waals surface area contributed by atoms with E-state index in [4.69, 9.17) is 5.10 Å². The highest BCUT2D eigenvalue weighted by Crippen LogP contribution is 2.43. The number of fused-ring (bicyclic) bond motifs is 1. The maximum absolute atomic E-state index is 5.07. The Kier molecular flexibility index (Phi) is 4.79. The Bertz CT molecular complexity index is 1080. The van der Waals surface area contributed by atoms with E-state index in [-0.39, 0.29) is 4.95 Å². The third-order valence-corrected chi connectivity index (χ3v) is 7.21. The third-order valence-electron chi connectivity index (χ3n) is 5.03. The summed E-state index contributed by atoms with van der Waals surface area (Å²) >= 11 is 5.82. The van der Waals surface area contributed by atoms with Crippen LogP contribution in [0.4, 0.5) is 0 Å². The van der Waals surface area contributed by atoms with Crippen molar-refractivity contribution in [1.82, 2.24) is 9.78 Å². The van der Waals surface area contributed by atoms with Gasteiger partial charge < -0.3 is 0 Å². The zero-order valence-electron chi connectivity index (χ0n) is 15.1. The van der Waals surface area contributed by atoms with Gasteiger partial charge in [0.1, 0.15) is 5.69 Å². The van der Waals surface area contributed by atoms with Crippen LogP contribution in [0.5, 0.6) is 0 Å². The number of halogens is 1. The van der Waals surface area contributed by atoms with Crippen LogP contribution in [-0.2, 0) is 0 Å². The van der Waals surface area contributed by atoms with Crippen molar-refractivity contribution >= 4 is 27.7 Å². The van der Waals surface area contributed by atoms with E-state index in [9.17, 15) is 0 Å². The topological polar surface area (TPSA) is 21.7 Å². The van der Waals surface area contributed by atoms with Crippen molar-refractivity contribution in [3.8, 4) is 17.1 Å². The summed E-state index contributed by atoms with van der Waals surface area (Å²) in [5.74, 6) is 2.34. The SMILES string of the molecule is Br[C@@H]1[C@H](c2ccccc2)CSc2n1nc(-c1ccccc1)[n+]2-c1ccccc1. The molecule has 2 heterocycles. The predicted octanol–water partition coefficient (Wildman–Crippen LogP) is 5.61. The number of hydrogen-bond acceptors (Lipinski definition) is 2. The summed E-state index contributed by atoms with van der Waals surface area (Å²) in [6.45, 7) is 0. The number of hydrogen-bond donors (Lipinski definition) is 0. The van der Waals surface area contributed by atoms with E-state index in [1.165, 1.54) is 5.56 Å². The molecule has 28 heavy (non-hydrogen) atoms. The fraction of sp³-hybridized carbons (Fsp3) is 0.130. The lowest BCUT2D eigenvalue weighted by atomic mass is 10.0. The van der Waals surface area contributed by atoms with Gasteiger partial charge >= 0.3 is 11.0 Å². The van der Waals surface area contributed by atoms with Gasteiger partial charge in [0, 0.05) is 16.8 Å². The van der Waals surface area contributed by atoms with Crippen molar-refractivity contribution in [3.63, 3.8) is 0 Å². The largest absolute Gasteiger partial charge is 0.314 e. The molecule has 0 aliphatic carbocycles. The highest BCUT2D eigenvalue weighted by atomic mass is 79.9. The Morgan fingerprint density at radius 3 is 2.14 bits per heavy atom. The summed E-state index contributed by atoms with van der Waals surface area (Å²) in [4.78, 5) is 0.110. The van der Waals surface area contributed by atoms with Crippen LogP contribution in [0.3, 0.4) is 0 Å². The van der Waals surface area contributed by atoms with Crippen molar-refractivity contribution in [1.29, 1.82) is 0 Å². The smallest absolute Gasteiger partial charge is 0.184 e. The van der Waals surface area contributed by atoms with Crippen LogP contribution in [0, 0.1) is 0 Å². The van der Waals surface area contributed by atoms with E-state index >= 15 is 0 Å². The molecule has 5 rings (SSSR count). The van der Waals surface area contributed by atoms with Gasteiger partial charge in [0.2, 0.25) is 0 Å². The summed E-state index contributed by atoms with van der Waals surface area (Å²) in [5, 5.41) is 6.22. The molecule has 0 amide bonds. The lowest BCUT2D eigenvalue weighted by molar-refractivity contribution is -0.627. The molecule has 0 bridgehead atoms. The second-order valence-corrected chi connectivity index (χ2v) is 8.71. The van der Waals surface area contributed by atoms with Crippen molar-refractivity contribution in [2.24, 2.45) is 0 Å². The van der Waals surface area contributed by atoms with Crippen LogP contribution in [0.15, 0.2) is 96.2 Å². The molecule has 3 aromatic carbocycles. The highest BCUT2D eigenvalue weighted by Gasteiger charge is 2.40. The summed E-state index contributed by atoms with van der Waals surface area (Å²) in [7, 11) is 0. The number of thioether (sulfide) groups is 1. The Morgan fingerprint density at radius 2 is 1.46 bits per heavy atom. The lowest BCUT2D eigenvalue weighted by Crippen LogP contribution is -2.36. The number of benzene rings is 3. The van der Waals surface area contributed by atoms with E-state index in [0.29, 0.717) is 5.92 Å². The molecule has 1 aliphatic heterocycles. The van der Waals surface area contributed by atoms with Crippen LogP contribution >= 0.6 is 27.7 Å². The molecule has 138 valence electrons. The normalized spacial score (nSPS) is 18.6. The van der Waals surface area contributed by atoms with E-state index in [1.807, 2.05) is 23.9 Å². The molecule has 0 saturated heterocycles. The molecule has 5 heteroatoms. The molecule has 0 radical (unpaired) electrons. The van der Waals surface area contributed by atoms with Crippen LogP contribution in [0.25, 0.3) is 17.1 Å². The molecule has 0 unspecified atom stereocenters. The zero-order chi connectivity index (χ0) is 18.9. The number of para-hydroxylation sites is 1. The Labute approximate surface area is 177 Å². The van der Waals surface area contributed by atoms with Gasteiger partial charge in [-0.25, -0.2) is 0 Å². The van der Waals surface area contributed by atoms with E-state index in [0.717, 1.165) is 28.0 Å². The van der Waals surface area contributed by atoms with Gasteiger partial charge in [-0.2, -0.15) is 4.57 Å². The molecule has 2 atom stereocenters. The molecule has 1 aliphatic rings. The number of rotatable bonds is 3. The molecular weight excluding hydrogens is 430 g/mol. The first kappa shape index (κ1) is 17.7. The van der Waals surface area contributed by atoms with Gasteiger partial charge in [-0.1, -0.05) is 83.2 Å². The fourth-order valence-corrected chi connectivity index (χ4v) is 6.10. The molecule has 3 nitrogen and oxygen atoms in total. The van der Waals surface area contributed by atoms with Crippen LogP contribution in [0.2, 0.25) is 0 Å². The van der Waals surface area contributed by atoms with Crippen molar-refractivity contribution in [2.75, 3.05) is 5.75 Å². The molecule has 1 aromatic heterocycles. The van der Waals surface area contributed by atoms with Gasteiger partial charge in [-0.05, 0) is 45.8 Å². The molecule has 4 aromatic rings. The predicted molar refractivity (Wildman–Crippen MR) is 117 cm³/mol. The minimum absolute atomic E-state index is 0.110. The average Bonchev–Trinajstić information content (AvgIpc) is 3.16. The highest BCUT2D eigenvalue weighted by molar-refractivity contribution is 9.09. The first-order valence-electron chi connectivity index (χ1n) is 9.30. The summed E-state index contributed by atoms with van der Waals surface area (Å²) in [6, 6.07) is 31.6. The second-order valence-electron chi connectivity index (χ2n) is 6.79. The van der Waals surface area contributed by atoms with Gasteiger partial charge in [0.15, 0.2) is 4.95 Å². The number of nitrogens with zero attached hydrogens (tertiary/aromatic N) is 3. The zero-order valence-corrected chi connectivity index (χ0v) is 17.6. The Hall–Kier alpha value is -2.37. The maximum atomic E-state index is 5.07. The molecule has 0 spiro atoms. The first-order chi connectivity index (χ1) is 13.8. The standard InChI is InChI=1S/C23H19BrN3S/c24-21-20(17-10-4-1-5-11-17)16-28-23-26(19-14-8-3-9-15-19)22(25-27(21)23)18-12-6-2-7-13-18/h1-15,20-21H,16H2/q+1/t20-,21-/m0/s1. The maximum Gasteiger partial charge on any atom is 0.314 e. The third kappa shape index (κ3) is 3.09. The second kappa shape index (κ2) is 7.57. The van der Waals surface area contributed by atoms with Crippen molar-refractivity contribution in [2.45, 2.75) is 16.0 Å². The molecule has 0 saturated carbocycles. The van der Waals surface area contributed by atoms with Gasteiger partial charge in [0.25, 0.3) is 0 Å². The summed E-state index contributed by atoms with van der Waals surface area (Å²) in [5.41, 5.74) is 3.59. The van der Waals surface area contributed by atoms with E-state index < -0.39 is 0 Å². The van der Waals surface area contributed by atoms with E-state index in [1.54, 1.807) is 0 Å². The summed E-state index contributed by atoms with van der Waals surface area (Å²) < 4.78 is 4.41. The Balaban J connectivity index is 1.67. The quantitative estimate of drug-likeness (QED) is 0.300. The van der Waals surface area contributed by atoms with Gasteiger partial charge in [-0.15, -0.1) is 0 Å². The van der Waals surface area contributed by atoms with Crippen LogP contribution < -0.4 is 4.57 Å². The Morgan fingerprint density at radius 1 is 0.857 bits per heavy atom. The molecular formula is C23H19BrN3S+. The van der Waals surface area contributed by atoms with Gasteiger partial charge in [-0.3, -0.25) is 0 Å². The van der Waals surface area contributed by atoms with Crippen LogP contribution in [-0.4, -0.2) is 15.5 Å². The first-order valence-corrected chi connectivity index (χ1v) is 11.2.